The van der Waals surface area contributed by atoms with Crippen molar-refractivity contribution in [3.05, 3.63) is 30.6 Å². The first-order valence-electron chi connectivity index (χ1n) is 6.23. The largest absolute Gasteiger partial charge is 0.496 e. The van der Waals surface area contributed by atoms with E-state index >= 15 is 0 Å². The summed E-state index contributed by atoms with van der Waals surface area (Å²) in [6, 6.07) is 5.62. The second kappa shape index (κ2) is 4.81. The van der Waals surface area contributed by atoms with Gasteiger partial charge in [-0.3, -0.25) is 10.3 Å². The zero-order chi connectivity index (χ0) is 13.2. The van der Waals surface area contributed by atoms with Crippen LogP contribution in [0.2, 0.25) is 0 Å². The molecule has 0 spiro atoms. The lowest BCUT2D eigenvalue weighted by atomic mass is 10.1. The summed E-state index contributed by atoms with van der Waals surface area (Å²) >= 11 is 0. The molecular weight excluding hydrogens is 242 g/mol. The van der Waals surface area contributed by atoms with Gasteiger partial charge in [-0.25, -0.2) is 9.66 Å². The van der Waals surface area contributed by atoms with E-state index in [2.05, 4.69) is 15.3 Å². The highest BCUT2D eigenvalue weighted by atomic mass is 16.5. The van der Waals surface area contributed by atoms with Crippen molar-refractivity contribution in [2.24, 2.45) is 0 Å². The second-order valence-corrected chi connectivity index (χ2v) is 4.44. The molecule has 0 amide bonds. The zero-order valence-electron chi connectivity index (χ0n) is 10.8. The first-order chi connectivity index (χ1) is 9.29. The molecular formula is C13H17N5O. The van der Waals surface area contributed by atoms with Gasteiger partial charge in [0.15, 0.2) is 5.82 Å². The summed E-state index contributed by atoms with van der Waals surface area (Å²) in [5, 5.41) is 5.50. The Morgan fingerprint density at radius 1 is 1.42 bits per heavy atom. The Morgan fingerprint density at radius 3 is 3.05 bits per heavy atom. The molecule has 19 heavy (non-hydrogen) atoms. The third kappa shape index (κ3) is 2.10. The monoisotopic (exact) mass is 259 g/mol. The molecule has 0 bridgehead atoms. The van der Waals surface area contributed by atoms with E-state index in [1.165, 1.54) is 0 Å². The van der Waals surface area contributed by atoms with Gasteiger partial charge >= 0.3 is 0 Å². The summed E-state index contributed by atoms with van der Waals surface area (Å²) in [5.41, 5.74) is 7.41. The molecule has 1 aromatic carbocycles. The lowest BCUT2D eigenvalue weighted by molar-refractivity contribution is 0.416. The molecule has 1 fully saturated rings. The van der Waals surface area contributed by atoms with E-state index in [1.807, 2.05) is 29.1 Å². The Labute approximate surface area is 111 Å². The second-order valence-electron chi connectivity index (χ2n) is 4.44. The zero-order valence-corrected chi connectivity index (χ0v) is 10.8. The average molecular weight is 259 g/mol. The maximum Gasteiger partial charge on any atom is 0.162 e. The van der Waals surface area contributed by atoms with Crippen LogP contribution in [0.25, 0.3) is 11.4 Å². The number of nitrogen functional groups attached to an aromatic ring is 1. The smallest absolute Gasteiger partial charge is 0.162 e. The SMILES string of the molecule is COc1cc(N)ccc1-c1nccn1N1CCNC1. The highest BCUT2D eigenvalue weighted by Gasteiger charge is 2.18. The highest BCUT2D eigenvalue weighted by Crippen LogP contribution is 2.30. The van der Waals surface area contributed by atoms with Crippen LogP contribution in [0.15, 0.2) is 30.6 Å². The Morgan fingerprint density at radius 2 is 2.32 bits per heavy atom. The number of ether oxygens (including phenoxy) is 1. The minimum atomic E-state index is 0.682. The summed E-state index contributed by atoms with van der Waals surface area (Å²) in [4.78, 5) is 4.44. The molecule has 0 atom stereocenters. The lowest BCUT2D eigenvalue weighted by Gasteiger charge is -2.21. The Hall–Kier alpha value is -2.21. The van der Waals surface area contributed by atoms with Crippen LogP contribution in [-0.4, -0.2) is 36.5 Å². The molecule has 0 aliphatic carbocycles. The molecule has 0 unspecified atom stereocenters. The Kier molecular flexibility index (Phi) is 3.00. The fourth-order valence-electron chi connectivity index (χ4n) is 2.29. The number of methoxy groups -OCH3 is 1. The normalized spacial score (nSPS) is 14.9. The predicted octanol–water partition coefficient (Wildman–Crippen LogP) is 0.640. The van der Waals surface area contributed by atoms with Crippen LogP contribution in [0.3, 0.4) is 0 Å². The van der Waals surface area contributed by atoms with Gasteiger partial charge in [-0.2, -0.15) is 0 Å². The number of hydrogen-bond acceptors (Lipinski definition) is 5. The van der Waals surface area contributed by atoms with Gasteiger partial charge in [-0.05, 0) is 12.1 Å². The van der Waals surface area contributed by atoms with Crippen molar-refractivity contribution in [3.63, 3.8) is 0 Å². The van der Waals surface area contributed by atoms with Gasteiger partial charge in [0, 0.05) is 37.2 Å². The van der Waals surface area contributed by atoms with Gasteiger partial charge < -0.3 is 10.5 Å². The summed E-state index contributed by atoms with van der Waals surface area (Å²) in [6.45, 7) is 2.76. The van der Waals surface area contributed by atoms with Crippen molar-refractivity contribution < 1.29 is 4.74 Å². The van der Waals surface area contributed by atoms with Crippen LogP contribution in [0, 0.1) is 0 Å². The molecule has 1 aliphatic rings. The Balaban J connectivity index is 2.04. The quantitative estimate of drug-likeness (QED) is 0.792. The molecule has 3 N–H and O–H groups in total. The first-order valence-corrected chi connectivity index (χ1v) is 6.23. The minimum Gasteiger partial charge on any atom is -0.496 e. The summed E-state index contributed by atoms with van der Waals surface area (Å²) < 4.78 is 7.45. The maximum atomic E-state index is 5.79. The van der Waals surface area contributed by atoms with Crippen molar-refractivity contribution in [2.45, 2.75) is 0 Å². The molecule has 2 aromatic rings. The van der Waals surface area contributed by atoms with E-state index in [-0.39, 0.29) is 0 Å². The summed E-state index contributed by atoms with van der Waals surface area (Å²) in [6.07, 6.45) is 3.75. The summed E-state index contributed by atoms with van der Waals surface area (Å²) in [7, 11) is 1.64. The van der Waals surface area contributed by atoms with Crippen molar-refractivity contribution in [1.29, 1.82) is 0 Å². The van der Waals surface area contributed by atoms with Crippen LogP contribution in [0.1, 0.15) is 0 Å². The van der Waals surface area contributed by atoms with Crippen LogP contribution >= 0.6 is 0 Å². The third-order valence-electron chi connectivity index (χ3n) is 3.23. The van der Waals surface area contributed by atoms with Crippen molar-refractivity contribution in [1.82, 2.24) is 15.0 Å². The van der Waals surface area contributed by atoms with Crippen molar-refractivity contribution in [3.8, 4) is 17.1 Å². The van der Waals surface area contributed by atoms with Crippen LogP contribution in [-0.2, 0) is 0 Å². The number of rotatable bonds is 3. The van der Waals surface area contributed by atoms with Crippen molar-refractivity contribution in [2.75, 3.05) is 37.6 Å². The molecule has 6 heteroatoms. The molecule has 2 heterocycles. The number of nitrogens with zero attached hydrogens (tertiary/aromatic N) is 3. The number of nitrogens with two attached hydrogens (primary N) is 1. The van der Waals surface area contributed by atoms with E-state index in [4.69, 9.17) is 10.5 Å². The molecule has 1 aromatic heterocycles. The number of imidazole rings is 1. The number of aromatic nitrogens is 2. The first kappa shape index (κ1) is 11.9. The van der Waals surface area contributed by atoms with E-state index < -0.39 is 0 Å². The highest BCUT2D eigenvalue weighted by molar-refractivity contribution is 5.68. The number of hydrogen-bond donors (Lipinski definition) is 2. The minimum absolute atomic E-state index is 0.682. The van der Waals surface area contributed by atoms with Gasteiger partial charge in [0.2, 0.25) is 0 Å². The fraction of sp³-hybridized carbons (Fsp3) is 0.308. The van der Waals surface area contributed by atoms with Gasteiger partial charge in [0.05, 0.1) is 19.3 Å². The van der Waals surface area contributed by atoms with E-state index in [1.54, 1.807) is 13.3 Å². The lowest BCUT2D eigenvalue weighted by Crippen LogP contribution is -2.33. The number of nitrogens with one attached hydrogen (secondary N) is 1. The van der Waals surface area contributed by atoms with Gasteiger partial charge in [-0.1, -0.05) is 0 Å². The van der Waals surface area contributed by atoms with E-state index in [0.717, 1.165) is 36.9 Å². The summed E-state index contributed by atoms with van der Waals surface area (Å²) in [5.74, 6) is 1.60. The van der Waals surface area contributed by atoms with Gasteiger partial charge in [0.1, 0.15) is 5.75 Å². The topological polar surface area (TPSA) is 68.3 Å². The van der Waals surface area contributed by atoms with Crippen LogP contribution < -0.4 is 20.8 Å². The van der Waals surface area contributed by atoms with Crippen LogP contribution in [0.5, 0.6) is 5.75 Å². The van der Waals surface area contributed by atoms with Crippen LogP contribution in [0.4, 0.5) is 5.69 Å². The molecule has 6 nitrogen and oxygen atoms in total. The Bertz CT molecular complexity index is 574. The fourth-order valence-corrected chi connectivity index (χ4v) is 2.29. The molecule has 1 saturated heterocycles. The van der Waals surface area contributed by atoms with Gasteiger partial charge in [-0.15, -0.1) is 0 Å². The van der Waals surface area contributed by atoms with Crippen molar-refractivity contribution >= 4 is 5.69 Å². The molecule has 1 aliphatic heterocycles. The number of anilines is 1. The van der Waals surface area contributed by atoms with E-state index in [0.29, 0.717) is 5.69 Å². The molecule has 0 radical (unpaired) electrons. The molecule has 0 saturated carbocycles. The maximum absolute atomic E-state index is 5.79. The van der Waals surface area contributed by atoms with Gasteiger partial charge in [0.25, 0.3) is 0 Å². The number of benzene rings is 1. The molecule has 100 valence electrons. The molecule has 3 rings (SSSR count). The average Bonchev–Trinajstić information content (AvgIpc) is 3.08. The standard InChI is InChI=1S/C13H17N5O/c1-19-12-8-10(14)2-3-11(12)13-16-5-7-18(13)17-6-4-15-9-17/h2-3,5,7-8,15H,4,6,9,14H2,1H3. The third-order valence-corrected chi connectivity index (χ3v) is 3.23. The van der Waals surface area contributed by atoms with E-state index in [9.17, 15) is 0 Å². The predicted molar refractivity (Wildman–Crippen MR) is 74.6 cm³/mol.